The van der Waals surface area contributed by atoms with Crippen LogP contribution in [0.15, 0.2) is 462 Å². The van der Waals surface area contributed by atoms with E-state index < -0.39 is 6.04 Å². The first-order chi connectivity index (χ1) is 62.1. The van der Waals surface area contributed by atoms with Crippen molar-refractivity contribution in [2.45, 2.75) is 0 Å². The number of rotatable bonds is 9. The van der Waals surface area contributed by atoms with Crippen molar-refractivity contribution in [1.29, 1.82) is 0 Å². The molecule has 0 radical (unpaired) electrons. The molecule has 22 aromatic carbocycles. The summed E-state index contributed by atoms with van der Waals surface area (Å²) < 4.78 is 61.4. The van der Waals surface area contributed by atoms with E-state index in [-0.39, 0.29) is 29.7 Å². The average Bonchev–Trinajstić information content (AvgIpc) is 0.863. The highest BCUT2D eigenvalue weighted by Crippen LogP contribution is 2.51. The second kappa shape index (κ2) is 29.7. The number of benzene rings is 22. The first kappa shape index (κ1) is 65.2. The van der Waals surface area contributed by atoms with E-state index in [1.165, 1.54) is 115 Å². The lowest BCUT2D eigenvalue weighted by Crippen LogP contribution is -1.92. The van der Waals surface area contributed by atoms with Crippen molar-refractivity contribution in [2.75, 3.05) is 0 Å². The predicted molar refractivity (Wildman–Crippen MR) is 513 cm³/mol. The van der Waals surface area contributed by atoms with Crippen molar-refractivity contribution in [3.63, 3.8) is 0 Å². The van der Waals surface area contributed by atoms with Gasteiger partial charge in [-0.1, -0.05) is 394 Å². The molecule has 0 fully saturated rings. The summed E-state index contributed by atoms with van der Waals surface area (Å²) in [4.78, 5) is 0. The topological polar surface area (TPSA) is 39.4 Å². The van der Waals surface area contributed by atoms with Crippen molar-refractivity contribution in [3.8, 4) is 100 Å². The van der Waals surface area contributed by atoms with Crippen molar-refractivity contribution in [2.24, 2.45) is 0 Å². The highest BCUT2D eigenvalue weighted by atomic mass is 16.3. The molecule has 564 valence electrons. The minimum absolute atomic E-state index is 0.206. The summed E-state index contributed by atoms with van der Waals surface area (Å²) in [6, 6.07) is 146. The van der Waals surface area contributed by atoms with E-state index in [1.807, 2.05) is 91.0 Å². The molecule has 25 aromatic rings. The highest BCUT2D eigenvalue weighted by molar-refractivity contribution is 6.27. The second-order valence-corrected chi connectivity index (χ2v) is 31.0. The van der Waals surface area contributed by atoms with Crippen LogP contribution in [0.2, 0.25) is 0 Å². The lowest BCUT2D eigenvalue weighted by Gasteiger charge is -2.19. The van der Waals surface area contributed by atoms with E-state index in [4.69, 9.17) is 20.1 Å². The van der Waals surface area contributed by atoms with Crippen LogP contribution in [0.1, 0.15) is 6.85 Å². The molecule has 3 nitrogen and oxygen atoms in total. The maximum Gasteiger partial charge on any atom is 0.136 e. The van der Waals surface area contributed by atoms with Crippen LogP contribution in [0.25, 0.3) is 241 Å². The fourth-order valence-electron chi connectivity index (χ4n) is 19.0. The Morgan fingerprint density at radius 2 is 0.446 bits per heavy atom. The van der Waals surface area contributed by atoms with E-state index in [9.17, 15) is 0 Å². The zero-order chi connectivity index (χ0) is 84.2. The van der Waals surface area contributed by atoms with Crippen LogP contribution in [0.4, 0.5) is 0 Å². The van der Waals surface area contributed by atoms with E-state index >= 15 is 0 Å². The fraction of sp³-hybridized carbons (Fsp3) is 0. The fourth-order valence-corrected chi connectivity index (χ4v) is 19.0. The predicted octanol–water partition coefficient (Wildman–Crippen LogP) is 33.8. The van der Waals surface area contributed by atoms with Crippen LogP contribution in [0, 0.1) is 0 Å². The first-order valence-corrected chi connectivity index (χ1v) is 41.1. The average molecular weight is 1540 g/mol. The first-order valence-electron chi connectivity index (χ1n) is 43.6. The van der Waals surface area contributed by atoms with Crippen LogP contribution in [0.5, 0.6) is 0 Å². The normalized spacial score (nSPS) is 12.2. The molecule has 0 spiro atoms. The molecule has 0 N–H and O–H groups in total. The summed E-state index contributed by atoms with van der Waals surface area (Å²) in [5.74, 6) is 0. The van der Waals surface area contributed by atoms with Gasteiger partial charge in [0.05, 0.1) is 6.85 Å². The van der Waals surface area contributed by atoms with Crippen LogP contribution in [0.3, 0.4) is 0 Å². The molecule has 3 heterocycles. The summed E-state index contributed by atoms with van der Waals surface area (Å²) in [5, 5.41) is 22.7. The van der Waals surface area contributed by atoms with Gasteiger partial charge in [-0.15, -0.1) is 0 Å². The van der Waals surface area contributed by atoms with Gasteiger partial charge in [0.15, 0.2) is 0 Å². The molecular weight excluding hydrogens is 1470 g/mol. The van der Waals surface area contributed by atoms with Gasteiger partial charge in [0.25, 0.3) is 0 Å². The molecule has 0 unspecified atom stereocenters. The summed E-state index contributed by atoms with van der Waals surface area (Å²) >= 11 is 0. The molecule has 0 saturated carbocycles. The van der Waals surface area contributed by atoms with E-state index in [2.05, 4.69) is 328 Å². The Labute approximate surface area is 705 Å². The summed E-state index contributed by atoms with van der Waals surface area (Å²) in [7, 11) is 0. The molecule has 0 saturated heterocycles. The van der Waals surface area contributed by atoms with E-state index in [0.717, 1.165) is 115 Å². The van der Waals surface area contributed by atoms with Crippen LogP contribution in [-0.4, -0.2) is 0 Å². The standard InChI is InChI=1S/C42H26O.2C38H24O/c1-2-13-27(14-3-1)40-32-17-6-8-19-34(32)41(35-20-9-7-18-33(35)40)37-26-29(25-28-15-4-5-16-30(28)37)31-22-12-24-39-42(31)36-21-10-11-23-38(36)43-39;1-2-11-26(12-3-1)36-29-13-4-6-15-31(29)37(32-16-7-5-14-30(32)36)27-23-21-25(22-24-27)28-18-10-20-35-38(28)33-17-8-9-19-34(33)39-35;1-2-10-26(11-3-1)37-30-13-4-6-15-32(30)38(33-16-7-5-14-31(33)37)27-20-18-25(19-21-27)28-22-23-36-34(24-28)29-12-8-9-17-35(29)39-36/h1-26H;2*1-24H/i1D,2D,3D,13D,14D;;. The lowest BCUT2D eigenvalue weighted by molar-refractivity contribution is 0.668. The molecule has 25 rings (SSSR count). The van der Waals surface area contributed by atoms with Crippen LogP contribution < -0.4 is 0 Å². The zero-order valence-corrected chi connectivity index (χ0v) is 65.6. The third-order valence-corrected chi connectivity index (χ3v) is 24.3. The van der Waals surface area contributed by atoms with Gasteiger partial charge in [0.2, 0.25) is 0 Å². The molecule has 0 aliphatic rings. The van der Waals surface area contributed by atoms with Crippen LogP contribution >= 0.6 is 0 Å². The SMILES string of the molecule is [2H]c1c([2H])c([2H])c(-c2c3ccccc3c(-c3cc(-c4cccc5oc6ccccc6c45)cc4ccccc34)c3ccccc23)c([2H])c1[2H].c1ccc(-c2c3ccccc3c(-c3ccc(-c4ccc5oc6ccccc6c5c4)cc3)c3ccccc23)cc1.c1ccc(-c2c3ccccc3c(-c3ccc(-c4cccc5oc6ccccc6c45)cc3)c3ccccc23)cc1. The van der Waals surface area contributed by atoms with Crippen molar-refractivity contribution in [3.05, 3.63) is 449 Å². The Morgan fingerprint density at radius 1 is 0.149 bits per heavy atom. The number of para-hydroxylation sites is 3. The van der Waals surface area contributed by atoms with Gasteiger partial charge in [-0.3, -0.25) is 0 Å². The Kier molecular flexibility index (Phi) is 16.0. The molecule has 3 aromatic heterocycles. The molecule has 0 bridgehead atoms. The van der Waals surface area contributed by atoms with Crippen molar-refractivity contribution in [1.82, 2.24) is 0 Å². The van der Waals surface area contributed by atoms with Gasteiger partial charge >= 0.3 is 0 Å². The lowest BCUT2D eigenvalue weighted by atomic mass is 9.83. The minimum atomic E-state index is -0.400. The molecule has 0 amide bonds. The monoisotopic (exact) mass is 1540 g/mol. The Hall–Kier alpha value is -15.9. The largest absolute Gasteiger partial charge is 0.456 e. The van der Waals surface area contributed by atoms with Gasteiger partial charge in [-0.25, -0.2) is 0 Å². The molecule has 3 heteroatoms. The summed E-state index contributed by atoms with van der Waals surface area (Å²) in [5.41, 5.74) is 25.3. The maximum atomic E-state index is 8.90. The van der Waals surface area contributed by atoms with Crippen LogP contribution in [-0.2, 0) is 0 Å². The second-order valence-electron chi connectivity index (χ2n) is 31.0. The molecule has 121 heavy (non-hydrogen) atoms. The van der Waals surface area contributed by atoms with Crippen molar-refractivity contribution >= 4 is 141 Å². The van der Waals surface area contributed by atoms with E-state index in [0.29, 0.717) is 5.56 Å². The minimum Gasteiger partial charge on any atom is -0.456 e. The molecule has 0 atom stereocenters. The third-order valence-electron chi connectivity index (χ3n) is 24.3. The molecule has 0 aliphatic carbocycles. The van der Waals surface area contributed by atoms with Gasteiger partial charge in [-0.05, 0) is 230 Å². The smallest absolute Gasteiger partial charge is 0.136 e. The van der Waals surface area contributed by atoms with Gasteiger partial charge in [0, 0.05) is 32.3 Å². The molecular formula is C118H74O3. The Morgan fingerprint density at radius 3 is 0.884 bits per heavy atom. The maximum absolute atomic E-state index is 8.90. The quantitative estimate of drug-likeness (QED) is 0.135. The number of fused-ring (bicyclic) bond motifs is 16. The van der Waals surface area contributed by atoms with E-state index in [1.54, 1.807) is 0 Å². The summed E-state index contributed by atoms with van der Waals surface area (Å²) in [6.45, 7) is 0. The van der Waals surface area contributed by atoms with Gasteiger partial charge in [-0.2, -0.15) is 0 Å². The third kappa shape index (κ3) is 12.1. The van der Waals surface area contributed by atoms with Gasteiger partial charge < -0.3 is 13.3 Å². The number of furan rings is 3. The Bertz CT molecular complexity index is 8500. The van der Waals surface area contributed by atoms with Gasteiger partial charge in [0.1, 0.15) is 33.5 Å². The van der Waals surface area contributed by atoms with Crippen molar-refractivity contribution < 1.29 is 20.1 Å². The Balaban J connectivity index is 0.000000109. The number of hydrogen-bond acceptors (Lipinski definition) is 3. The zero-order valence-electron chi connectivity index (χ0n) is 70.6. The summed E-state index contributed by atoms with van der Waals surface area (Å²) in [6.07, 6.45) is 0. The molecule has 0 aliphatic heterocycles. The number of hydrogen-bond donors (Lipinski definition) is 0. The highest BCUT2D eigenvalue weighted by Gasteiger charge is 2.24.